The molecule has 0 N–H and O–H groups in total. The number of benzene rings is 9. The van der Waals surface area contributed by atoms with Gasteiger partial charge in [0.25, 0.3) is 0 Å². The molecule has 0 unspecified atom stereocenters. The van der Waals surface area contributed by atoms with Gasteiger partial charge in [0.05, 0.1) is 11.0 Å². The molecule has 5 nitrogen and oxygen atoms in total. The second-order valence-corrected chi connectivity index (χ2v) is 15.6. The van der Waals surface area contributed by atoms with Crippen molar-refractivity contribution in [2.75, 3.05) is 0 Å². The summed E-state index contributed by atoms with van der Waals surface area (Å²) in [7, 11) is 0. The largest absolute Gasteiger partial charge is 0.292 e. The number of hydrogen-bond acceptors (Lipinski definition) is 5. The number of aromatic nitrogens is 5. The molecule has 0 atom stereocenters. The average Bonchev–Trinajstić information content (AvgIpc) is 3.89. The molecule has 0 aliphatic carbocycles. The van der Waals surface area contributed by atoms with Crippen molar-refractivity contribution >= 4 is 74.9 Å². The SMILES string of the molecule is c1ccc(-c2nc(-c3ccc4c5ccccc5c5ccccc5c4c3)nc(-c3cccc4sc5c(-c6nc7ccccc7n6-c6ccccc6)cccc5c34)n2)cc1. The fourth-order valence-electron chi connectivity index (χ4n) is 8.64. The third-order valence-electron chi connectivity index (χ3n) is 11.2. The minimum absolute atomic E-state index is 0.636. The normalized spacial score (nSPS) is 11.8. The van der Waals surface area contributed by atoms with Crippen LogP contribution >= 0.6 is 11.3 Å². The lowest BCUT2D eigenvalue weighted by Crippen LogP contribution is -2.00. The van der Waals surface area contributed by atoms with Crippen molar-refractivity contribution in [2.45, 2.75) is 0 Å². The Morgan fingerprint density at radius 1 is 0.379 bits per heavy atom. The van der Waals surface area contributed by atoms with Gasteiger partial charge in [-0.1, -0.05) is 146 Å². The maximum Gasteiger partial charge on any atom is 0.164 e. The van der Waals surface area contributed by atoms with Crippen molar-refractivity contribution in [3.05, 3.63) is 188 Å². The van der Waals surface area contributed by atoms with Gasteiger partial charge in [-0.15, -0.1) is 11.3 Å². The molecule has 0 amide bonds. The molecule has 12 rings (SSSR count). The van der Waals surface area contributed by atoms with E-state index in [0.29, 0.717) is 17.5 Å². The molecule has 9 aromatic carbocycles. The van der Waals surface area contributed by atoms with Gasteiger partial charge in [-0.25, -0.2) is 19.9 Å². The van der Waals surface area contributed by atoms with Crippen LogP contribution in [0.5, 0.6) is 0 Å². The molecular weight excluding hydrogens is 727 g/mol. The quantitative estimate of drug-likeness (QED) is 0.164. The molecule has 6 heteroatoms. The molecule has 0 bridgehead atoms. The lowest BCUT2D eigenvalue weighted by atomic mass is 9.93. The highest BCUT2D eigenvalue weighted by Crippen LogP contribution is 2.45. The van der Waals surface area contributed by atoms with Crippen molar-refractivity contribution in [1.82, 2.24) is 24.5 Å². The summed E-state index contributed by atoms with van der Waals surface area (Å²) in [4.78, 5) is 20.9. The van der Waals surface area contributed by atoms with Crippen molar-refractivity contribution in [3.8, 4) is 51.2 Å². The third kappa shape index (κ3) is 5.09. The number of para-hydroxylation sites is 3. The van der Waals surface area contributed by atoms with Gasteiger partial charge in [0.2, 0.25) is 0 Å². The zero-order valence-corrected chi connectivity index (χ0v) is 31.9. The van der Waals surface area contributed by atoms with Crippen LogP contribution in [0.2, 0.25) is 0 Å². The summed E-state index contributed by atoms with van der Waals surface area (Å²) in [6.07, 6.45) is 0. The van der Waals surface area contributed by atoms with Crippen LogP contribution in [0.15, 0.2) is 188 Å². The number of hydrogen-bond donors (Lipinski definition) is 0. The molecular formula is C52H31N5S. The molecule has 0 aliphatic rings. The van der Waals surface area contributed by atoms with Crippen LogP contribution in [-0.2, 0) is 0 Å². The zero-order chi connectivity index (χ0) is 38.2. The van der Waals surface area contributed by atoms with Gasteiger partial charge in [-0.05, 0) is 74.8 Å². The molecule has 0 saturated heterocycles. The van der Waals surface area contributed by atoms with E-state index >= 15 is 0 Å². The van der Waals surface area contributed by atoms with Crippen LogP contribution < -0.4 is 0 Å². The van der Waals surface area contributed by atoms with Crippen LogP contribution in [0, 0.1) is 0 Å². The first-order valence-corrected chi connectivity index (χ1v) is 20.2. The third-order valence-corrected chi connectivity index (χ3v) is 12.5. The molecule has 0 aliphatic heterocycles. The van der Waals surface area contributed by atoms with Gasteiger partial charge in [0.15, 0.2) is 17.5 Å². The van der Waals surface area contributed by atoms with E-state index in [1.165, 1.54) is 37.0 Å². The van der Waals surface area contributed by atoms with Crippen molar-refractivity contribution in [3.63, 3.8) is 0 Å². The average molecular weight is 758 g/mol. The minimum atomic E-state index is 0.636. The topological polar surface area (TPSA) is 56.5 Å². The van der Waals surface area contributed by atoms with Gasteiger partial charge in [0.1, 0.15) is 5.82 Å². The van der Waals surface area contributed by atoms with E-state index in [2.05, 4.69) is 174 Å². The first-order valence-electron chi connectivity index (χ1n) is 19.4. The summed E-state index contributed by atoms with van der Waals surface area (Å²) < 4.78 is 4.60. The molecule has 3 heterocycles. The summed E-state index contributed by atoms with van der Waals surface area (Å²) in [5, 5.41) is 9.59. The zero-order valence-electron chi connectivity index (χ0n) is 31.0. The van der Waals surface area contributed by atoms with Gasteiger partial charge in [-0.2, -0.15) is 0 Å². The van der Waals surface area contributed by atoms with E-state index in [1.807, 2.05) is 18.2 Å². The maximum absolute atomic E-state index is 5.31. The summed E-state index contributed by atoms with van der Waals surface area (Å²) >= 11 is 1.79. The van der Waals surface area contributed by atoms with Crippen molar-refractivity contribution in [1.29, 1.82) is 0 Å². The molecule has 3 aromatic heterocycles. The highest BCUT2D eigenvalue weighted by Gasteiger charge is 2.22. The number of imidazole rings is 1. The Kier molecular flexibility index (Phi) is 7.33. The van der Waals surface area contributed by atoms with Crippen LogP contribution in [0.4, 0.5) is 0 Å². The number of thiophene rings is 1. The monoisotopic (exact) mass is 757 g/mol. The lowest BCUT2D eigenvalue weighted by molar-refractivity contribution is 1.08. The number of fused-ring (bicyclic) bond motifs is 10. The Balaban J connectivity index is 1.09. The molecule has 0 saturated carbocycles. The maximum atomic E-state index is 5.31. The van der Waals surface area contributed by atoms with Crippen LogP contribution in [0.3, 0.4) is 0 Å². The van der Waals surface area contributed by atoms with Gasteiger partial charge >= 0.3 is 0 Å². The summed E-state index contributed by atoms with van der Waals surface area (Å²) in [5.74, 6) is 2.82. The fraction of sp³-hybridized carbons (Fsp3) is 0. The van der Waals surface area contributed by atoms with Crippen molar-refractivity contribution in [2.24, 2.45) is 0 Å². The molecule has 58 heavy (non-hydrogen) atoms. The highest BCUT2D eigenvalue weighted by molar-refractivity contribution is 7.26. The molecule has 12 aromatic rings. The predicted octanol–water partition coefficient (Wildman–Crippen LogP) is 13.7. The van der Waals surface area contributed by atoms with E-state index in [-0.39, 0.29) is 0 Å². The van der Waals surface area contributed by atoms with Gasteiger partial charge in [0, 0.05) is 48.1 Å². The second kappa shape index (κ2) is 13.0. The highest BCUT2D eigenvalue weighted by atomic mass is 32.1. The Hall–Kier alpha value is -7.54. The van der Waals surface area contributed by atoms with Crippen LogP contribution in [-0.4, -0.2) is 24.5 Å². The molecule has 0 spiro atoms. The smallest absolute Gasteiger partial charge is 0.164 e. The Labute approximate surface area is 337 Å². The number of nitrogens with zero attached hydrogens (tertiary/aromatic N) is 5. The molecule has 270 valence electrons. The van der Waals surface area contributed by atoms with Crippen molar-refractivity contribution < 1.29 is 0 Å². The Bertz CT molecular complexity index is 3540. The van der Waals surface area contributed by atoms with E-state index in [0.717, 1.165) is 60.3 Å². The molecule has 0 fully saturated rings. The molecule has 0 radical (unpaired) electrons. The lowest BCUT2D eigenvalue weighted by Gasteiger charge is -2.13. The summed E-state index contributed by atoms with van der Waals surface area (Å²) in [5.41, 5.74) is 7.04. The second-order valence-electron chi connectivity index (χ2n) is 14.6. The predicted molar refractivity (Wildman–Crippen MR) is 242 cm³/mol. The van der Waals surface area contributed by atoms with Gasteiger partial charge < -0.3 is 0 Å². The number of rotatable bonds is 5. The Morgan fingerprint density at radius 2 is 0.948 bits per heavy atom. The van der Waals surface area contributed by atoms with Crippen LogP contribution in [0.25, 0.3) is 115 Å². The van der Waals surface area contributed by atoms with Gasteiger partial charge in [-0.3, -0.25) is 4.57 Å². The summed E-state index contributed by atoms with van der Waals surface area (Å²) in [6, 6.07) is 66.0. The first-order chi connectivity index (χ1) is 28.8. The minimum Gasteiger partial charge on any atom is -0.292 e. The Morgan fingerprint density at radius 3 is 1.71 bits per heavy atom. The van der Waals surface area contributed by atoms with E-state index in [9.17, 15) is 0 Å². The van der Waals surface area contributed by atoms with E-state index in [1.54, 1.807) is 11.3 Å². The van der Waals surface area contributed by atoms with Crippen LogP contribution in [0.1, 0.15) is 0 Å². The fourth-order valence-corrected chi connectivity index (χ4v) is 9.88. The van der Waals surface area contributed by atoms with E-state index < -0.39 is 0 Å². The standard InChI is InChI=1S/C52H31N5S/c1-3-15-32(16-4-1)49-54-50(33-29-30-39-37-21-8-7-19-35(37)36-20-9-10-22-38(36)43(39)31-33)56-51(55-49)41-24-14-28-46-47(41)40-23-13-25-42(48(40)58-46)52-53-44-26-11-12-27-45(44)57(52)34-17-5-2-6-18-34/h1-31H. The summed E-state index contributed by atoms with van der Waals surface area (Å²) in [6.45, 7) is 0. The van der Waals surface area contributed by atoms with E-state index in [4.69, 9.17) is 19.9 Å². The first kappa shape index (κ1) is 32.7.